The Hall–Kier alpha value is -1.92. The minimum absolute atomic E-state index is 0.0403. The Morgan fingerprint density at radius 2 is 1.81 bits per heavy atom. The molecule has 112 valence electrons. The quantitative estimate of drug-likeness (QED) is 0.793. The zero-order chi connectivity index (χ0) is 15.5. The van der Waals surface area contributed by atoms with Gasteiger partial charge in [-0.3, -0.25) is 4.79 Å². The fourth-order valence-electron chi connectivity index (χ4n) is 1.95. The number of sulfonamides is 1. The Kier molecular flexibility index (Phi) is 4.59. The molecule has 0 fully saturated rings. The summed E-state index contributed by atoms with van der Waals surface area (Å²) in [5, 5.41) is 1.85. The Morgan fingerprint density at radius 1 is 1.14 bits per heavy atom. The zero-order valence-electron chi connectivity index (χ0n) is 11.9. The highest BCUT2D eigenvalue weighted by molar-refractivity contribution is 7.89. The van der Waals surface area contributed by atoms with E-state index in [0.29, 0.717) is 0 Å². The van der Waals surface area contributed by atoms with Crippen molar-refractivity contribution >= 4 is 26.8 Å². The first-order chi connectivity index (χ1) is 9.91. The number of carbonyl (C=O) groups excluding carboxylic acids is 1. The minimum atomic E-state index is -3.59. The number of fused-ring (bicyclic) bond motifs is 1. The van der Waals surface area contributed by atoms with E-state index in [2.05, 4.69) is 0 Å². The van der Waals surface area contributed by atoms with Crippen molar-refractivity contribution in [1.82, 2.24) is 4.31 Å². The number of ether oxygens (including phenoxy) is 1. The second-order valence-electron chi connectivity index (χ2n) is 4.68. The van der Waals surface area contributed by atoms with Gasteiger partial charge in [0.15, 0.2) is 0 Å². The van der Waals surface area contributed by atoms with E-state index < -0.39 is 16.0 Å². The fraction of sp³-hybridized carbons (Fsp3) is 0.267. The lowest BCUT2D eigenvalue weighted by Crippen LogP contribution is -2.30. The van der Waals surface area contributed by atoms with Crippen molar-refractivity contribution in [3.05, 3.63) is 42.5 Å². The molecule has 0 heterocycles. The van der Waals surface area contributed by atoms with Gasteiger partial charge < -0.3 is 4.74 Å². The van der Waals surface area contributed by atoms with E-state index in [4.69, 9.17) is 4.74 Å². The van der Waals surface area contributed by atoms with E-state index in [9.17, 15) is 13.2 Å². The molecule has 0 atom stereocenters. The van der Waals surface area contributed by atoms with Gasteiger partial charge in [-0.05, 0) is 22.9 Å². The number of nitrogens with zero attached hydrogens (tertiary/aromatic N) is 1. The van der Waals surface area contributed by atoms with Gasteiger partial charge >= 0.3 is 5.97 Å². The maximum absolute atomic E-state index is 12.4. The summed E-state index contributed by atoms with van der Waals surface area (Å²) in [4.78, 5) is 10.9. The number of hydrogen-bond acceptors (Lipinski definition) is 4. The molecule has 2 rings (SSSR count). The number of benzene rings is 2. The first kappa shape index (κ1) is 15.5. The molecule has 2 aromatic rings. The van der Waals surface area contributed by atoms with Crippen molar-refractivity contribution < 1.29 is 17.9 Å². The summed E-state index contributed by atoms with van der Waals surface area (Å²) in [5.41, 5.74) is 0. The summed E-state index contributed by atoms with van der Waals surface area (Å²) in [6.07, 6.45) is 0. The number of rotatable bonds is 5. The summed E-state index contributed by atoms with van der Waals surface area (Å²) < 4.78 is 30.8. The second kappa shape index (κ2) is 6.24. The highest BCUT2D eigenvalue weighted by Crippen LogP contribution is 2.21. The molecule has 0 N–H and O–H groups in total. The molecule has 0 aliphatic rings. The van der Waals surface area contributed by atoms with E-state index in [0.717, 1.165) is 10.8 Å². The molecule has 5 nitrogen and oxygen atoms in total. The Bertz CT molecular complexity index is 755. The van der Waals surface area contributed by atoms with Crippen molar-refractivity contribution in [3.63, 3.8) is 0 Å². The maximum Gasteiger partial charge on any atom is 0.302 e. The molecule has 0 aliphatic carbocycles. The summed E-state index contributed by atoms with van der Waals surface area (Å²) in [6.45, 7) is 1.45. The lowest BCUT2D eigenvalue weighted by Gasteiger charge is -2.17. The third kappa shape index (κ3) is 3.59. The molecule has 2 aromatic carbocycles. The van der Waals surface area contributed by atoms with E-state index in [1.165, 1.54) is 18.3 Å². The molecule has 0 aromatic heterocycles. The molecular weight excluding hydrogens is 290 g/mol. The van der Waals surface area contributed by atoms with Gasteiger partial charge in [0.1, 0.15) is 6.61 Å². The van der Waals surface area contributed by atoms with Crippen LogP contribution in [-0.2, 0) is 19.6 Å². The van der Waals surface area contributed by atoms with E-state index >= 15 is 0 Å². The van der Waals surface area contributed by atoms with Crippen LogP contribution in [0.1, 0.15) is 6.92 Å². The molecule has 0 saturated heterocycles. The van der Waals surface area contributed by atoms with Gasteiger partial charge in [0.25, 0.3) is 0 Å². The van der Waals surface area contributed by atoms with Crippen LogP contribution in [0.15, 0.2) is 47.4 Å². The Balaban J connectivity index is 2.22. The smallest absolute Gasteiger partial charge is 0.302 e. The van der Waals surface area contributed by atoms with Crippen LogP contribution >= 0.6 is 0 Å². The molecule has 0 spiro atoms. The maximum atomic E-state index is 12.4. The van der Waals surface area contributed by atoms with Gasteiger partial charge in [0.2, 0.25) is 10.0 Å². The first-order valence-electron chi connectivity index (χ1n) is 6.50. The Morgan fingerprint density at radius 3 is 2.48 bits per heavy atom. The van der Waals surface area contributed by atoms with Gasteiger partial charge in [0, 0.05) is 20.5 Å². The highest BCUT2D eigenvalue weighted by atomic mass is 32.2. The van der Waals surface area contributed by atoms with Crippen molar-refractivity contribution in [3.8, 4) is 0 Å². The molecule has 6 heteroatoms. The largest absolute Gasteiger partial charge is 0.464 e. The molecule has 0 radical (unpaired) electrons. The zero-order valence-corrected chi connectivity index (χ0v) is 12.8. The summed E-state index contributed by atoms with van der Waals surface area (Å²) in [5.74, 6) is -0.425. The molecule has 0 bridgehead atoms. The lowest BCUT2D eigenvalue weighted by atomic mass is 10.1. The lowest BCUT2D eigenvalue weighted by molar-refractivity contribution is -0.141. The van der Waals surface area contributed by atoms with E-state index in [1.807, 2.05) is 24.3 Å². The highest BCUT2D eigenvalue weighted by Gasteiger charge is 2.20. The number of likely N-dealkylation sites (N-methyl/N-ethyl adjacent to an activating group) is 1. The normalized spacial score (nSPS) is 11.8. The first-order valence-corrected chi connectivity index (χ1v) is 7.94. The van der Waals surface area contributed by atoms with Crippen LogP contribution in [0, 0.1) is 0 Å². The molecular formula is C15H17NO4S. The van der Waals surface area contributed by atoms with Crippen molar-refractivity contribution in [2.45, 2.75) is 11.8 Å². The van der Waals surface area contributed by atoms with E-state index in [1.54, 1.807) is 18.2 Å². The standard InChI is InChI=1S/C15H17NO4S/c1-12(17)20-10-9-16(2)21(18,19)15-8-7-13-5-3-4-6-14(13)11-15/h3-8,11H,9-10H2,1-2H3. The van der Waals surface area contributed by atoms with E-state index in [-0.39, 0.29) is 18.0 Å². The van der Waals surface area contributed by atoms with Gasteiger partial charge in [-0.25, -0.2) is 8.42 Å². The topological polar surface area (TPSA) is 63.7 Å². The fourth-order valence-corrected chi connectivity index (χ4v) is 3.14. The van der Waals surface area contributed by atoms with Crippen LogP contribution in [-0.4, -0.2) is 38.9 Å². The third-order valence-electron chi connectivity index (χ3n) is 3.14. The van der Waals surface area contributed by atoms with Crippen LogP contribution in [0.25, 0.3) is 10.8 Å². The SMILES string of the molecule is CC(=O)OCCN(C)S(=O)(=O)c1ccc2ccccc2c1. The Labute approximate surface area is 124 Å². The van der Waals surface area contributed by atoms with Crippen LogP contribution in [0.4, 0.5) is 0 Å². The van der Waals surface area contributed by atoms with Crippen LogP contribution in [0.3, 0.4) is 0 Å². The summed E-state index contributed by atoms with van der Waals surface area (Å²) in [7, 11) is -2.12. The van der Waals surface area contributed by atoms with Crippen molar-refractivity contribution in [2.24, 2.45) is 0 Å². The summed E-state index contributed by atoms with van der Waals surface area (Å²) >= 11 is 0. The number of hydrogen-bond donors (Lipinski definition) is 0. The number of esters is 1. The second-order valence-corrected chi connectivity index (χ2v) is 6.72. The monoisotopic (exact) mass is 307 g/mol. The van der Waals surface area contributed by atoms with Gasteiger partial charge in [-0.2, -0.15) is 4.31 Å². The van der Waals surface area contributed by atoms with Crippen molar-refractivity contribution in [1.29, 1.82) is 0 Å². The third-order valence-corrected chi connectivity index (χ3v) is 4.99. The average molecular weight is 307 g/mol. The van der Waals surface area contributed by atoms with Crippen LogP contribution in [0.2, 0.25) is 0 Å². The van der Waals surface area contributed by atoms with Crippen molar-refractivity contribution in [2.75, 3.05) is 20.2 Å². The molecule has 0 aliphatic heterocycles. The predicted octanol–water partition coefficient (Wildman–Crippen LogP) is 2.02. The molecule has 21 heavy (non-hydrogen) atoms. The van der Waals surface area contributed by atoms with Gasteiger partial charge in [-0.1, -0.05) is 30.3 Å². The van der Waals surface area contributed by atoms with Crippen LogP contribution < -0.4 is 0 Å². The van der Waals surface area contributed by atoms with Gasteiger partial charge in [0.05, 0.1) is 4.90 Å². The predicted molar refractivity (Wildman–Crippen MR) is 80.4 cm³/mol. The molecule has 0 amide bonds. The molecule has 0 unspecified atom stereocenters. The average Bonchev–Trinajstić information content (AvgIpc) is 2.46. The van der Waals surface area contributed by atoms with Crippen LogP contribution in [0.5, 0.6) is 0 Å². The van der Waals surface area contributed by atoms with Gasteiger partial charge in [-0.15, -0.1) is 0 Å². The minimum Gasteiger partial charge on any atom is -0.464 e. The summed E-state index contributed by atoms with van der Waals surface area (Å²) in [6, 6.07) is 12.6. The molecule has 0 saturated carbocycles. The number of carbonyl (C=O) groups is 1.